The Labute approximate surface area is 156 Å². The van der Waals surface area contributed by atoms with Gasteiger partial charge in [0.1, 0.15) is 0 Å². The Morgan fingerprint density at radius 3 is 1.96 bits per heavy atom. The predicted octanol–water partition coefficient (Wildman–Crippen LogP) is 1.51. The van der Waals surface area contributed by atoms with Gasteiger partial charge in [0.2, 0.25) is 0 Å². The molecule has 0 saturated carbocycles. The molecule has 4 aliphatic heterocycles. The number of likely N-dealkylation sites (tertiary alicyclic amines) is 1. The van der Waals surface area contributed by atoms with Gasteiger partial charge in [0.05, 0.1) is 30.5 Å². The molecular weight excluding hydrogens is 327 g/mol. The molecule has 4 saturated heterocycles. The van der Waals surface area contributed by atoms with Gasteiger partial charge in [-0.25, -0.2) is 0 Å². The van der Waals surface area contributed by atoms with Gasteiger partial charge in [0, 0.05) is 37.3 Å². The largest absolute Gasteiger partial charge is 0.494 e. The maximum absolute atomic E-state index is 6.15. The molecule has 0 radical (unpaired) electrons. The van der Waals surface area contributed by atoms with E-state index in [1.165, 1.54) is 31.9 Å². The van der Waals surface area contributed by atoms with Crippen LogP contribution in [-0.2, 0) is 14.0 Å². The lowest BCUT2D eigenvalue weighted by Gasteiger charge is -2.63. The van der Waals surface area contributed by atoms with Crippen molar-refractivity contribution in [3.63, 3.8) is 0 Å². The molecule has 0 amide bonds. The van der Waals surface area contributed by atoms with Gasteiger partial charge < -0.3 is 18.9 Å². The van der Waals surface area contributed by atoms with Crippen LogP contribution in [0.1, 0.15) is 27.7 Å². The summed E-state index contributed by atoms with van der Waals surface area (Å²) < 4.78 is 17.6. The number of benzene rings is 1. The Balaban J connectivity index is 1.18. The van der Waals surface area contributed by atoms with Gasteiger partial charge in [0.15, 0.2) is 0 Å². The highest BCUT2D eigenvalue weighted by Gasteiger charge is 2.54. The molecule has 4 fully saturated rings. The van der Waals surface area contributed by atoms with E-state index < -0.39 is 0 Å². The number of anilines is 1. The van der Waals surface area contributed by atoms with E-state index in [0.717, 1.165) is 18.7 Å². The summed E-state index contributed by atoms with van der Waals surface area (Å²) in [4.78, 5) is 5.07. The molecule has 0 bridgehead atoms. The zero-order valence-electron chi connectivity index (χ0n) is 16.3. The van der Waals surface area contributed by atoms with E-state index in [1.54, 1.807) is 0 Å². The first kappa shape index (κ1) is 17.1. The average molecular weight is 356 g/mol. The molecule has 0 atom stereocenters. The molecule has 5 rings (SSSR count). The van der Waals surface area contributed by atoms with E-state index >= 15 is 0 Å². The first-order valence-corrected chi connectivity index (χ1v) is 9.79. The minimum atomic E-state index is -0.290. The van der Waals surface area contributed by atoms with Gasteiger partial charge >= 0.3 is 7.12 Å². The van der Waals surface area contributed by atoms with Crippen molar-refractivity contribution in [2.45, 2.75) is 44.9 Å². The maximum atomic E-state index is 6.15. The Bertz CT molecular complexity index is 672. The quantitative estimate of drug-likeness (QED) is 0.767. The molecule has 1 spiro atoms. The van der Waals surface area contributed by atoms with E-state index in [-0.39, 0.29) is 18.3 Å². The molecule has 4 heterocycles. The SMILES string of the molecule is CC1(C)OB(c2ccc(N3CC4(C3)CN(C3COC3)C4)cc2)OC1(C)C. The predicted molar refractivity (Wildman–Crippen MR) is 103 cm³/mol. The molecule has 0 aromatic heterocycles. The van der Waals surface area contributed by atoms with Crippen molar-refractivity contribution in [1.29, 1.82) is 0 Å². The van der Waals surface area contributed by atoms with Crippen molar-refractivity contribution in [1.82, 2.24) is 4.90 Å². The van der Waals surface area contributed by atoms with Crippen LogP contribution < -0.4 is 10.4 Å². The summed E-state index contributed by atoms with van der Waals surface area (Å²) in [6.07, 6.45) is 0. The summed E-state index contributed by atoms with van der Waals surface area (Å²) in [7, 11) is -0.276. The van der Waals surface area contributed by atoms with Gasteiger partial charge in [0.25, 0.3) is 0 Å². The Morgan fingerprint density at radius 2 is 1.46 bits per heavy atom. The standard InChI is InChI=1S/C20H29BN2O3/c1-18(2)19(3,4)26-21(25-18)15-5-7-16(8-6-15)22-11-20(12-22)13-23(14-20)17-9-24-10-17/h5-8,17H,9-14H2,1-4H3. The van der Waals surface area contributed by atoms with Gasteiger partial charge in [-0.05, 0) is 45.3 Å². The van der Waals surface area contributed by atoms with E-state index in [0.29, 0.717) is 11.5 Å². The number of hydrogen-bond donors (Lipinski definition) is 0. The van der Waals surface area contributed by atoms with Gasteiger partial charge in [-0.15, -0.1) is 0 Å². The third-order valence-electron chi connectivity index (χ3n) is 7.05. The van der Waals surface area contributed by atoms with E-state index in [4.69, 9.17) is 14.0 Å². The van der Waals surface area contributed by atoms with Crippen LogP contribution in [0.15, 0.2) is 24.3 Å². The third kappa shape index (κ3) is 2.54. The monoisotopic (exact) mass is 356 g/mol. The molecule has 1 aromatic carbocycles. The van der Waals surface area contributed by atoms with Gasteiger partial charge in [-0.1, -0.05) is 12.1 Å². The van der Waals surface area contributed by atoms with Crippen LogP contribution in [0.25, 0.3) is 0 Å². The summed E-state index contributed by atoms with van der Waals surface area (Å²) in [5.74, 6) is 0. The summed E-state index contributed by atoms with van der Waals surface area (Å²) in [6, 6.07) is 9.42. The van der Waals surface area contributed by atoms with Crippen molar-refractivity contribution in [3.8, 4) is 0 Å². The molecule has 0 aliphatic carbocycles. The number of hydrogen-bond acceptors (Lipinski definition) is 5. The lowest BCUT2D eigenvalue weighted by molar-refractivity contribution is -0.137. The summed E-state index contributed by atoms with van der Waals surface area (Å²) in [6.45, 7) is 15.1. The second kappa shape index (κ2) is 5.47. The Morgan fingerprint density at radius 1 is 0.885 bits per heavy atom. The summed E-state index contributed by atoms with van der Waals surface area (Å²) in [5.41, 5.74) is 2.35. The smallest absolute Gasteiger partial charge is 0.399 e. The minimum Gasteiger partial charge on any atom is -0.399 e. The first-order chi connectivity index (χ1) is 12.3. The fourth-order valence-corrected chi connectivity index (χ4v) is 4.48. The maximum Gasteiger partial charge on any atom is 0.494 e. The molecule has 0 N–H and O–H groups in total. The van der Waals surface area contributed by atoms with Crippen LogP contribution in [0, 0.1) is 5.41 Å². The topological polar surface area (TPSA) is 34.2 Å². The van der Waals surface area contributed by atoms with Gasteiger partial charge in [-0.2, -0.15) is 0 Å². The molecule has 26 heavy (non-hydrogen) atoms. The van der Waals surface area contributed by atoms with Crippen molar-refractivity contribution in [3.05, 3.63) is 24.3 Å². The van der Waals surface area contributed by atoms with Crippen LogP contribution in [0.4, 0.5) is 5.69 Å². The summed E-state index contributed by atoms with van der Waals surface area (Å²) >= 11 is 0. The van der Waals surface area contributed by atoms with Gasteiger partial charge in [-0.3, -0.25) is 4.90 Å². The first-order valence-electron chi connectivity index (χ1n) is 9.79. The van der Waals surface area contributed by atoms with E-state index in [9.17, 15) is 0 Å². The second-order valence-electron chi connectivity index (χ2n) is 9.63. The highest BCUT2D eigenvalue weighted by Crippen LogP contribution is 2.43. The van der Waals surface area contributed by atoms with Crippen LogP contribution >= 0.6 is 0 Å². The van der Waals surface area contributed by atoms with Crippen molar-refractivity contribution in [2.24, 2.45) is 5.41 Å². The highest BCUT2D eigenvalue weighted by molar-refractivity contribution is 6.62. The molecule has 1 aromatic rings. The van der Waals surface area contributed by atoms with Crippen molar-refractivity contribution < 1.29 is 14.0 Å². The molecule has 6 heteroatoms. The van der Waals surface area contributed by atoms with E-state index in [2.05, 4.69) is 61.8 Å². The normalized spacial score (nSPS) is 29.4. The summed E-state index contributed by atoms with van der Waals surface area (Å²) in [5, 5.41) is 0. The lowest BCUT2D eigenvalue weighted by Crippen LogP contribution is -2.75. The Kier molecular flexibility index (Phi) is 3.59. The van der Waals surface area contributed by atoms with Crippen LogP contribution in [0.2, 0.25) is 0 Å². The average Bonchev–Trinajstić information content (AvgIpc) is 2.67. The molecular formula is C20H29BN2O3. The highest BCUT2D eigenvalue weighted by atomic mass is 16.7. The zero-order valence-corrected chi connectivity index (χ0v) is 16.3. The molecule has 5 nitrogen and oxygen atoms in total. The van der Waals surface area contributed by atoms with Crippen LogP contribution in [0.3, 0.4) is 0 Å². The molecule has 140 valence electrons. The van der Waals surface area contributed by atoms with Crippen molar-refractivity contribution >= 4 is 18.3 Å². The number of nitrogens with zero attached hydrogens (tertiary/aromatic N) is 2. The minimum absolute atomic E-state index is 0.276. The number of ether oxygens (including phenoxy) is 1. The zero-order chi connectivity index (χ0) is 18.2. The van der Waals surface area contributed by atoms with E-state index in [1.807, 2.05) is 0 Å². The molecule has 0 unspecified atom stereocenters. The molecule has 4 aliphatic rings. The fourth-order valence-electron chi connectivity index (χ4n) is 4.48. The lowest BCUT2D eigenvalue weighted by atomic mass is 9.71. The number of rotatable bonds is 3. The third-order valence-corrected chi connectivity index (χ3v) is 7.05. The second-order valence-corrected chi connectivity index (χ2v) is 9.63. The van der Waals surface area contributed by atoms with Crippen LogP contribution in [0.5, 0.6) is 0 Å². The van der Waals surface area contributed by atoms with Crippen molar-refractivity contribution in [2.75, 3.05) is 44.3 Å². The Hall–Kier alpha value is -1.08. The fraction of sp³-hybridized carbons (Fsp3) is 0.700. The van der Waals surface area contributed by atoms with Crippen LogP contribution in [-0.4, -0.2) is 68.7 Å².